The summed E-state index contributed by atoms with van der Waals surface area (Å²) in [7, 11) is -4.10. The standard InChI is InChI=1S/C39H37F2N5O6S/c1-25-18-32(44-37(43-25)53(49,50)17-16-35(27-10-6-5-7-11-27)51-23-28-12-8-9-13-30(28)40)29-20-31(41)36(47)45(22-29)21-26-14-15-34-33(19-26)42-24-46(34)38(48)52-39(2,3)4/h5-15,18-20,22,24,35H,16-17,21,23H2,1-4H3. The number of nitrogens with zero attached hydrogens (tertiary/aromatic N) is 5. The number of sulfone groups is 1. The maximum Gasteiger partial charge on any atom is 0.420 e. The third-order valence-corrected chi connectivity index (χ3v) is 9.73. The number of fused-ring (bicyclic) bond motifs is 1. The minimum atomic E-state index is -4.10. The smallest absolute Gasteiger partial charge is 0.420 e. The van der Waals surface area contributed by atoms with Crippen LogP contribution in [0.1, 0.15) is 55.7 Å². The Morgan fingerprint density at radius 3 is 2.40 bits per heavy atom. The van der Waals surface area contributed by atoms with E-state index in [1.165, 1.54) is 29.2 Å². The molecule has 0 amide bonds. The number of hydrogen-bond acceptors (Lipinski definition) is 9. The molecule has 11 nitrogen and oxygen atoms in total. The second-order valence-corrected chi connectivity index (χ2v) is 15.5. The molecular formula is C39H37F2N5O6S. The van der Waals surface area contributed by atoms with Gasteiger partial charge in [0.05, 0.1) is 41.7 Å². The summed E-state index contributed by atoms with van der Waals surface area (Å²) in [6, 6.07) is 22.8. The molecule has 53 heavy (non-hydrogen) atoms. The van der Waals surface area contributed by atoms with Crippen molar-refractivity contribution < 1.29 is 31.5 Å². The quantitative estimate of drug-likeness (QED) is 0.126. The van der Waals surface area contributed by atoms with Gasteiger partial charge in [0.1, 0.15) is 17.7 Å². The molecule has 0 fully saturated rings. The molecule has 0 aliphatic rings. The van der Waals surface area contributed by atoms with Gasteiger partial charge >= 0.3 is 6.09 Å². The molecular weight excluding hydrogens is 705 g/mol. The number of aromatic nitrogens is 5. The molecule has 0 spiro atoms. The summed E-state index contributed by atoms with van der Waals surface area (Å²) in [5.41, 5.74) is 1.59. The van der Waals surface area contributed by atoms with Crippen LogP contribution in [-0.4, -0.2) is 50.0 Å². The molecule has 3 aromatic carbocycles. The van der Waals surface area contributed by atoms with Crippen molar-refractivity contribution in [3.05, 3.63) is 142 Å². The molecule has 0 aliphatic carbocycles. The molecule has 14 heteroatoms. The SMILES string of the molecule is Cc1cc(-c2cc(F)c(=O)n(Cc3ccc4c(c3)ncn4C(=O)OC(C)(C)C)c2)nc(S(=O)(=O)CCC(OCc2ccccc2F)c2ccccc2)n1. The molecule has 1 unspecified atom stereocenters. The van der Waals surface area contributed by atoms with Crippen LogP contribution < -0.4 is 5.56 Å². The van der Waals surface area contributed by atoms with E-state index in [4.69, 9.17) is 9.47 Å². The maximum absolute atomic E-state index is 15.1. The van der Waals surface area contributed by atoms with Crippen molar-refractivity contribution in [3.8, 4) is 11.3 Å². The Bertz CT molecular complexity index is 2460. The lowest BCUT2D eigenvalue weighted by molar-refractivity contribution is 0.0361. The van der Waals surface area contributed by atoms with E-state index in [9.17, 15) is 22.4 Å². The van der Waals surface area contributed by atoms with Gasteiger partial charge in [-0.25, -0.2) is 41.5 Å². The predicted octanol–water partition coefficient (Wildman–Crippen LogP) is 7.20. The Morgan fingerprint density at radius 2 is 1.66 bits per heavy atom. The molecule has 0 aliphatic heterocycles. The Labute approximate surface area is 304 Å². The van der Waals surface area contributed by atoms with Crippen molar-refractivity contribution in [1.82, 2.24) is 24.1 Å². The van der Waals surface area contributed by atoms with E-state index < -0.39 is 55.7 Å². The van der Waals surface area contributed by atoms with Gasteiger partial charge in [0.2, 0.25) is 15.0 Å². The summed E-state index contributed by atoms with van der Waals surface area (Å²) in [5.74, 6) is -1.88. The van der Waals surface area contributed by atoms with Crippen LogP contribution in [0.25, 0.3) is 22.3 Å². The highest BCUT2D eigenvalue weighted by Gasteiger charge is 2.25. The highest BCUT2D eigenvalue weighted by Crippen LogP contribution is 2.27. The fraction of sp³-hybridized carbons (Fsp3) is 0.256. The second kappa shape index (κ2) is 15.2. The number of ether oxygens (including phenoxy) is 2. The molecule has 1 atom stereocenters. The van der Waals surface area contributed by atoms with E-state index in [0.717, 1.165) is 16.2 Å². The molecule has 0 bridgehead atoms. The van der Waals surface area contributed by atoms with Crippen molar-refractivity contribution >= 4 is 27.0 Å². The van der Waals surface area contributed by atoms with Crippen LogP contribution in [0.5, 0.6) is 0 Å². The van der Waals surface area contributed by atoms with Crippen molar-refractivity contribution in [3.63, 3.8) is 0 Å². The molecule has 0 radical (unpaired) electrons. The van der Waals surface area contributed by atoms with Gasteiger partial charge in [-0.3, -0.25) is 4.79 Å². The van der Waals surface area contributed by atoms with Crippen LogP contribution in [0.3, 0.4) is 0 Å². The van der Waals surface area contributed by atoms with Gasteiger partial charge in [0.15, 0.2) is 5.82 Å². The van der Waals surface area contributed by atoms with E-state index in [1.807, 2.05) is 6.07 Å². The van der Waals surface area contributed by atoms with Crippen molar-refractivity contribution in [1.29, 1.82) is 0 Å². The van der Waals surface area contributed by atoms with E-state index in [2.05, 4.69) is 15.0 Å². The second-order valence-electron chi connectivity index (χ2n) is 13.5. The summed E-state index contributed by atoms with van der Waals surface area (Å²) in [6.07, 6.45) is 1.49. The lowest BCUT2D eigenvalue weighted by Gasteiger charge is -2.19. The van der Waals surface area contributed by atoms with Gasteiger partial charge in [-0.15, -0.1) is 0 Å². The number of pyridine rings is 1. The summed E-state index contributed by atoms with van der Waals surface area (Å²) in [5, 5.41) is -0.461. The number of carbonyl (C=O) groups excluding carboxylic acids is 1. The maximum atomic E-state index is 15.1. The number of hydrogen-bond donors (Lipinski definition) is 0. The molecule has 6 rings (SSSR count). The normalized spacial score (nSPS) is 12.6. The van der Waals surface area contributed by atoms with Crippen LogP contribution in [0.15, 0.2) is 107 Å². The van der Waals surface area contributed by atoms with Gasteiger partial charge in [-0.1, -0.05) is 54.6 Å². The van der Waals surface area contributed by atoms with Gasteiger partial charge < -0.3 is 14.0 Å². The number of rotatable bonds is 11. The monoisotopic (exact) mass is 741 g/mol. The van der Waals surface area contributed by atoms with Crippen molar-refractivity contribution in [2.24, 2.45) is 0 Å². The first kappa shape index (κ1) is 37.2. The van der Waals surface area contributed by atoms with E-state index in [1.54, 1.807) is 88.4 Å². The van der Waals surface area contributed by atoms with Crippen molar-refractivity contribution in [2.45, 2.75) is 64.1 Å². The van der Waals surface area contributed by atoms with Crippen LogP contribution in [0.4, 0.5) is 13.6 Å². The van der Waals surface area contributed by atoms with Gasteiger partial charge in [0.25, 0.3) is 5.56 Å². The molecule has 3 aromatic heterocycles. The van der Waals surface area contributed by atoms with Crippen LogP contribution in [-0.2, 0) is 32.5 Å². The molecule has 0 saturated heterocycles. The average molecular weight is 742 g/mol. The van der Waals surface area contributed by atoms with E-state index >= 15 is 4.39 Å². The molecule has 3 heterocycles. The zero-order valence-electron chi connectivity index (χ0n) is 29.5. The van der Waals surface area contributed by atoms with Crippen LogP contribution >= 0.6 is 0 Å². The zero-order valence-corrected chi connectivity index (χ0v) is 30.3. The molecule has 0 N–H and O–H groups in total. The molecule has 274 valence electrons. The minimum Gasteiger partial charge on any atom is -0.443 e. The summed E-state index contributed by atoms with van der Waals surface area (Å²) in [6.45, 7) is 6.74. The fourth-order valence-electron chi connectivity index (χ4n) is 5.67. The Hall–Kier alpha value is -5.60. The Balaban J connectivity index is 1.23. The minimum absolute atomic E-state index is 0.0211. The summed E-state index contributed by atoms with van der Waals surface area (Å²) >= 11 is 0. The van der Waals surface area contributed by atoms with Gasteiger partial charge in [0, 0.05) is 23.0 Å². The van der Waals surface area contributed by atoms with Crippen LogP contribution in [0, 0.1) is 18.6 Å². The zero-order chi connectivity index (χ0) is 37.9. The van der Waals surface area contributed by atoms with Crippen LogP contribution in [0.2, 0.25) is 0 Å². The Kier molecular flexibility index (Phi) is 10.6. The van der Waals surface area contributed by atoms with E-state index in [-0.39, 0.29) is 30.8 Å². The molecule has 0 saturated carbocycles. The predicted molar refractivity (Wildman–Crippen MR) is 194 cm³/mol. The molecule has 6 aromatic rings. The number of benzene rings is 3. The van der Waals surface area contributed by atoms with Crippen molar-refractivity contribution in [2.75, 3.05) is 5.75 Å². The average Bonchev–Trinajstić information content (AvgIpc) is 3.54. The first-order chi connectivity index (χ1) is 25.2. The summed E-state index contributed by atoms with van der Waals surface area (Å²) in [4.78, 5) is 38.3. The fourth-order valence-corrected chi connectivity index (χ4v) is 6.90. The topological polar surface area (TPSA) is 135 Å². The lowest BCUT2D eigenvalue weighted by Crippen LogP contribution is -2.26. The highest BCUT2D eigenvalue weighted by atomic mass is 32.2. The lowest BCUT2D eigenvalue weighted by atomic mass is 10.1. The third kappa shape index (κ3) is 8.90. The third-order valence-electron chi connectivity index (χ3n) is 8.22. The Morgan fingerprint density at radius 1 is 0.925 bits per heavy atom. The number of halogens is 2. The summed E-state index contributed by atoms with van der Waals surface area (Å²) < 4.78 is 70.7. The number of aryl methyl sites for hydroxylation is 1. The van der Waals surface area contributed by atoms with E-state index in [0.29, 0.717) is 27.9 Å². The first-order valence-electron chi connectivity index (χ1n) is 16.7. The van der Waals surface area contributed by atoms with Gasteiger partial charge in [-0.05, 0) is 75.6 Å². The van der Waals surface area contributed by atoms with Gasteiger partial charge in [-0.2, -0.15) is 0 Å². The first-order valence-corrected chi connectivity index (χ1v) is 18.4. The number of imidazole rings is 1. The highest BCUT2D eigenvalue weighted by molar-refractivity contribution is 7.91. The largest absolute Gasteiger partial charge is 0.443 e. The number of carbonyl (C=O) groups is 1.